The summed E-state index contributed by atoms with van der Waals surface area (Å²) in [5.41, 5.74) is 1.07. The normalized spacial score (nSPS) is 11.9. The van der Waals surface area contributed by atoms with Crippen LogP contribution in [0.15, 0.2) is 18.5 Å². The van der Waals surface area contributed by atoms with Gasteiger partial charge in [-0.15, -0.1) is 0 Å². The quantitative estimate of drug-likeness (QED) is 0.720. The van der Waals surface area contributed by atoms with Crippen molar-refractivity contribution in [2.75, 3.05) is 0 Å². The fourth-order valence-corrected chi connectivity index (χ4v) is 1.23. The molecule has 15 heavy (non-hydrogen) atoms. The highest BCUT2D eigenvalue weighted by atomic mass is 16.6. The molecule has 2 heterocycles. The van der Waals surface area contributed by atoms with Crippen LogP contribution in [0.25, 0.3) is 11.0 Å². The van der Waals surface area contributed by atoms with Gasteiger partial charge in [0.25, 0.3) is 0 Å². The second-order valence-corrected chi connectivity index (χ2v) is 4.33. The van der Waals surface area contributed by atoms with E-state index in [1.54, 1.807) is 18.5 Å². The Kier molecular flexibility index (Phi) is 2.03. The van der Waals surface area contributed by atoms with Gasteiger partial charge in [-0.05, 0) is 26.8 Å². The van der Waals surface area contributed by atoms with Gasteiger partial charge in [-0.3, -0.25) is 0 Å². The summed E-state index contributed by atoms with van der Waals surface area (Å²) in [7, 11) is 0. The van der Waals surface area contributed by atoms with Crippen LogP contribution in [0.1, 0.15) is 20.8 Å². The van der Waals surface area contributed by atoms with Crippen molar-refractivity contribution >= 4 is 17.1 Å². The Balaban J connectivity index is 2.24. The molecule has 2 aromatic heterocycles. The number of ether oxygens (including phenoxy) is 1. The van der Waals surface area contributed by atoms with Crippen molar-refractivity contribution in [2.45, 2.75) is 26.4 Å². The average Bonchev–Trinajstić information content (AvgIpc) is 2.56. The first kappa shape index (κ1) is 9.76. The summed E-state index contributed by atoms with van der Waals surface area (Å²) < 4.78 is 6.37. The van der Waals surface area contributed by atoms with E-state index < -0.39 is 11.7 Å². The van der Waals surface area contributed by atoms with E-state index in [1.807, 2.05) is 20.8 Å². The van der Waals surface area contributed by atoms with E-state index >= 15 is 0 Å². The van der Waals surface area contributed by atoms with Crippen molar-refractivity contribution in [1.82, 2.24) is 14.8 Å². The molecule has 0 fully saturated rings. The lowest BCUT2D eigenvalue weighted by Gasteiger charge is -2.18. The standard InChI is InChI=1S/C10H13N3O2/c1-10(2,3)15-9(14)13-6-8-7(12-13)4-5-11-8/h4-6,11H,1-3H3. The molecule has 0 atom stereocenters. The fourth-order valence-electron chi connectivity index (χ4n) is 1.23. The first-order chi connectivity index (χ1) is 6.96. The molecule has 5 heteroatoms. The minimum atomic E-state index is -0.503. The molecular weight excluding hydrogens is 194 g/mol. The molecule has 2 rings (SSSR count). The van der Waals surface area contributed by atoms with E-state index in [0.29, 0.717) is 0 Å². The highest BCUT2D eigenvalue weighted by molar-refractivity contribution is 5.79. The molecule has 0 aromatic carbocycles. The third kappa shape index (κ3) is 2.01. The van der Waals surface area contributed by atoms with Crippen molar-refractivity contribution in [2.24, 2.45) is 0 Å². The van der Waals surface area contributed by atoms with Crippen LogP contribution in [0.3, 0.4) is 0 Å². The van der Waals surface area contributed by atoms with E-state index in [2.05, 4.69) is 10.1 Å². The monoisotopic (exact) mass is 207 g/mol. The topological polar surface area (TPSA) is 59.9 Å². The second kappa shape index (κ2) is 3.12. The van der Waals surface area contributed by atoms with Gasteiger partial charge < -0.3 is 9.72 Å². The van der Waals surface area contributed by atoms with Crippen LogP contribution >= 0.6 is 0 Å². The number of hydrogen-bond donors (Lipinski definition) is 1. The molecule has 1 N–H and O–H groups in total. The second-order valence-electron chi connectivity index (χ2n) is 4.33. The molecular formula is C10H13N3O2. The maximum Gasteiger partial charge on any atom is 0.435 e. The molecule has 0 radical (unpaired) electrons. The van der Waals surface area contributed by atoms with Crippen molar-refractivity contribution in [3.8, 4) is 0 Å². The zero-order valence-electron chi connectivity index (χ0n) is 8.94. The summed E-state index contributed by atoms with van der Waals surface area (Å²) in [5.74, 6) is 0. The van der Waals surface area contributed by atoms with E-state index in [-0.39, 0.29) is 0 Å². The van der Waals surface area contributed by atoms with Gasteiger partial charge in [0.05, 0.1) is 11.7 Å². The van der Waals surface area contributed by atoms with Gasteiger partial charge >= 0.3 is 6.09 Å². The third-order valence-corrected chi connectivity index (χ3v) is 1.80. The van der Waals surface area contributed by atoms with Crippen molar-refractivity contribution in [3.63, 3.8) is 0 Å². The maximum atomic E-state index is 11.6. The summed E-state index contributed by atoms with van der Waals surface area (Å²) in [4.78, 5) is 14.6. The van der Waals surface area contributed by atoms with Gasteiger partial charge in [-0.25, -0.2) is 4.79 Å². The Morgan fingerprint density at radius 2 is 2.27 bits per heavy atom. The third-order valence-electron chi connectivity index (χ3n) is 1.80. The van der Waals surface area contributed by atoms with E-state index in [4.69, 9.17) is 4.74 Å². The molecule has 5 nitrogen and oxygen atoms in total. The maximum absolute atomic E-state index is 11.6. The molecule has 80 valence electrons. The average molecular weight is 207 g/mol. The van der Waals surface area contributed by atoms with Crippen molar-refractivity contribution in [1.29, 1.82) is 0 Å². The van der Waals surface area contributed by atoms with Crippen LogP contribution in [0.2, 0.25) is 0 Å². The van der Waals surface area contributed by atoms with Crippen molar-refractivity contribution < 1.29 is 9.53 Å². The summed E-state index contributed by atoms with van der Waals surface area (Å²) in [6.45, 7) is 5.46. The highest BCUT2D eigenvalue weighted by Crippen LogP contribution is 2.12. The fraction of sp³-hybridized carbons (Fsp3) is 0.400. The Bertz CT molecular complexity index is 461. The lowest BCUT2D eigenvalue weighted by Crippen LogP contribution is -2.27. The largest absolute Gasteiger partial charge is 0.442 e. The molecule has 0 unspecified atom stereocenters. The van der Waals surface area contributed by atoms with Crippen LogP contribution in [-0.2, 0) is 4.74 Å². The molecule has 0 bridgehead atoms. The number of rotatable bonds is 0. The molecule has 2 aromatic rings. The van der Waals surface area contributed by atoms with Crippen LogP contribution in [-0.4, -0.2) is 26.5 Å². The first-order valence-electron chi connectivity index (χ1n) is 4.72. The molecule has 0 saturated carbocycles. The number of carbonyl (C=O) groups excluding carboxylic acids is 1. The molecule has 0 aliphatic rings. The predicted octanol–water partition coefficient (Wildman–Crippen LogP) is 2.15. The SMILES string of the molecule is CC(C)(C)OC(=O)n1cc2[nH]ccc2n1. The van der Waals surface area contributed by atoms with Gasteiger partial charge in [0.15, 0.2) is 0 Å². The van der Waals surface area contributed by atoms with E-state index in [1.165, 1.54) is 4.68 Å². The number of carbonyl (C=O) groups is 1. The summed E-state index contributed by atoms with van der Waals surface area (Å²) in [5, 5.41) is 4.07. The van der Waals surface area contributed by atoms with Gasteiger partial charge in [-0.2, -0.15) is 9.78 Å². The molecule has 0 saturated heterocycles. The van der Waals surface area contributed by atoms with Crippen LogP contribution in [0, 0.1) is 0 Å². The zero-order chi connectivity index (χ0) is 11.1. The first-order valence-corrected chi connectivity index (χ1v) is 4.72. The van der Waals surface area contributed by atoms with Crippen LogP contribution < -0.4 is 0 Å². The molecule has 0 aliphatic heterocycles. The van der Waals surface area contributed by atoms with Crippen LogP contribution in [0.5, 0.6) is 0 Å². The zero-order valence-corrected chi connectivity index (χ0v) is 8.94. The molecule has 0 aliphatic carbocycles. The number of nitrogens with one attached hydrogen (secondary N) is 1. The Hall–Kier alpha value is -1.78. The number of aromatic nitrogens is 3. The Labute approximate surface area is 87.0 Å². The van der Waals surface area contributed by atoms with Crippen molar-refractivity contribution in [3.05, 3.63) is 18.5 Å². The van der Waals surface area contributed by atoms with E-state index in [0.717, 1.165) is 11.0 Å². The van der Waals surface area contributed by atoms with Crippen LogP contribution in [0.4, 0.5) is 4.79 Å². The molecule has 0 amide bonds. The number of aromatic amines is 1. The lowest BCUT2D eigenvalue weighted by atomic mass is 10.2. The number of nitrogens with zero attached hydrogens (tertiary/aromatic N) is 2. The Morgan fingerprint density at radius 1 is 1.53 bits per heavy atom. The predicted molar refractivity (Wildman–Crippen MR) is 55.7 cm³/mol. The summed E-state index contributed by atoms with van der Waals surface area (Å²) in [6, 6.07) is 1.80. The van der Waals surface area contributed by atoms with E-state index in [9.17, 15) is 4.79 Å². The Morgan fingerprint density at radius 3 is 2.87 bits per heavy atom. The smallest absolute Gasteiger partial charge is 0.435 e. The lowest BCUT2D eigenvalue weighted by molar-refractivity contribution is 0.0515. The van der Waals surface area contributed by atoms with Gasteiger partial charge in [0.1, 0.15) is 11.1 Å². The molecule has 0 spiro atoms. The number of fused-ring (bicyclic) bond motifs is 1. The summed E-state index contributed by atoms with van der Waals surface area (Å²) >= 11 is 0. The van der Waals surface area contributed by atoms with Gasteiger partial charge in [0.2, 0.25) is 0 Å². The number of H-pyrrole nitrogens is 1. The minimum absolute atomic E-state index is 0.466. The van der Waals surface area contributed by atoms with Gasteiger partial charge in [-0.1, -0.05) is 0 Å². The minimum Gasteiger partial charge on any atom is -0.442 e. The summed E-state index contributed by atoms with van der Waals surface area (Å²) in [6.07, 6.45) is 2.92. The van der Waals surface area contributed by atoms with Gasteiger partial charge in [0, 0.05) is 6.20 Å². The highest BCUT2D eigenvalue weighted by Gasteiger charge is 2.18. The number of hydrogen-bond acceptors (Lipinski definition) is 3.